The van der Waals surface area contributed by atoms with E-state index in [0.29, 0.717) is 12.5 Å². The zero-order chi connectivity index (χ0) is 14.6. The van der Waals surface area contributed by atoms with Crippen molar-refractivity contribution < 1.29 is 4.79 Å². The Morgan fingerprint density at radius 1 is 1.37 bits per heavy atom. The lowest BCUT2D eigenvalue weighted by molar-refractivity contribution is -0.123. The van der Waals surface area contributed by atoms with Crippen molar-refractivity contribution >= 4 is 5.91 Å². The Balaban J connectivity index is 2.54. The molecule has 0 aromatic carbocycles. The molecule has 0 spiro atoms. The minimum absolute atomic E-state index is 0.0436. The second-order valence-electron chi connectivity index (χ2n) is 5.59. The molecule has 0 aliphatic rings. The molecule has 2 atom stereocenters. The van der Waals surface area contributed by atoms with Gasteiger partial charge in [0.05, 0.1) is 11.7 Å². The fourth-order valence-corrected chi connectivity index (χ4v) is 2.04. The van der Waals surface area contributed by atoms with Gasteiger partial charge in [0.25, 0.3) is 0 Å². The molecule has 2 N–H and O–H groups in total. The van der Waals surface area contributed by atoms with Crippen molar-refractivity contribution in [2.24, 2.45) is 13.0 Å². The Hall–Kier alpha value is -1.36. The van der Waals surface area contributed by atoms with Gasteiger partial charge < -0.3 is 5.32 Å². The molecule has 1 rings (SSSR count). The highest BCUT2D eigenvalue weighted by Gasteiger charge is 2.18. The van der Waals surface area contributed by atoms with Crippen LogP contribution in [0.4, 0.5) is 0 Å². The predicted molar refractivity (Wildman–Crippen MR) is 76.8 cm³/mol. The summed E-state index contributed by atoms with van der Waals surface area (Å²) in [4.78, 5) is 11.9. The zero-order valence-corrected chi connectivity index (χ0v) is 12.8. The minimum Gasteiger partial charge on any atom is -0.354 e. The molecule has 5 heteroatoms. The van der Waals surface area contributed by atoms with E-state index < -0.39 is 0 Å². The SMILES string of the molecule is Cc1nn(C)cc1C(C)NC(C)C(=O)NCC(C)C. The van der Waals surface area contributed by atoms with E-state index in [9.17, 15) is 4.79 Å². The van der Waals surface area contributed by atoms with Gasteiger partial charge in [-0.2, -0.15) is 5.10 Å². The van der Waals surface area contributed by atoms with Gasteiger partial charge in [-0.3, -0.25) is 14.8 Å². The van der Waals surface area contributed by atoms with Crippen LogP contribution < -0.4 is 10.6 Å². The van der Waals surface area contributed by atoms with Crippen LogP contribution in [0.15, 0.2) is 6.20 Å². The number of rotatable bonds is 6. The number of nitrogens with zero attached hydrogens (tertiary/aromatic N) is 2. The van der Waals surface area contributed by atoms with Crippen molar-refractivity contribution in [3.63, 3.8) is 0 Å². The Morgan fingerprint density at radius 2 is 2.00 bits per heavy atom. The molecule has 1 amide bonds. The molecule has 0 fully saturated rings. The summed E-state index contributed by atoms with van der Waals surface area (Å²) in [7, 11) is 1.90. The Kier molecular flexibility index (Phi) is 5.54. The van der Waals surface area contributed by atoms with Gasteiger partial charge >= 0.3 is 0 Å². The maximum Gasteiger partial charge on any atom is 0.236 e. The number of aryl methyl sites for hydroxylation is 2. The lowest BCUT2D eigenvalue weighted by atomic mass is 10.1. The number of nitrogens with one attached hydrogen (secondary N) is 2. The van der Waals surface area contributed by atoms with Crippen molar-refractivity contribution in [1.29, 1.82) is 0 Å². The van der Waals surface area contributed by atoms with Crippen molar-refractivity contribution in [2.75, 3.05) is 6.54 Å². The summed E-state index contributed by atoms with van der Waals surface area (Å²) in [5.74, 6) is 0.510. The molecule has 0 saturated heterocycles. The van der Waals surface area contributed by atoms with Crippen LogP contribution in [0.25, 0.3) is 0 Å². The topological polar surface area (TPSA) is 59.0 Å². The van der Waals surface area contributed by atoms with Gasteiger partial charge in [-0.05, 0) is 26.7 Å². The van der Waals surface area contributed by atoms with Gasteiger partial charge in [-0.1, -0.05) is 13.8 Å². The molecule has 108 valence electrons. The quantitative estimate of drug-likeness (QED) is 0.821. The second kappa shape index (κ2) is 6.70. The maximum atomic E-state index is 11.9. The third kappa shape index (κ3) is 4.67. The lowest BCUT2D eigenvalue weighted by Crippen LogP contribution is -2.44. The zero-order valence-electron chi connectivity index (χ0n) is 12.8. The van der Waals surface area contributed by atoms with Gasteiger partial charge in [0, 0.05) is 31.4 Å². The Bertz CT molecular complexity index is 425. The number of amides is 1. The summed E-state index contributed by atoms with van der Waals surface area (Å²) < 4.78 is 1.80. The van der Waals surface area contributed by atoms with Gasteiger partial charge in [0.15, 0.2) is 0 Å². The van der Waals surface area contributed by atoms with Gasteiger partial charge in [0.1, 0.15) is 0 Å². The van der Waals surface area contributed by atoms with Crippen LogP contribution >= 0.6 is 0 Å². The van der Waals surface area contributed by atoms with Crippen molar-refractivity contribution in [2.45, 2.75) is 46.7 Å². The fourth-order valence-electron chi connectivity index (χ4n) is 2.04. The molecule has 5 nitrogen and oxygen atoms in total. The van der Waals surface area contributed by atoms with E-state index in [1.165, 1.54) is 0 Å². The molecular weight excluding hydrogens is 240 g/mol. The number of carbonyl (C=O) groups is 1. The Labute approximate surface area is 115 Å². The average Bonchev–Trinajstić information content (AvgIpc) is 2.65. The van der Waals surface area contributed by atoms with Crippen LogP contribution in [0.3, 0.4) is 0 Å². The normalized spacial score (nSPS) is 14.5. The number of carbonyl (C=O) groups excluding carboxylic acids is 1. The van der Waals surface area contributed by atoms with Crippen LogP contribution in [-0.2, 0) is 11.8 Å². The van der Waals surface area contributed by atoms with Gasteiger partial charge in [-0.15, -0.1) is 0 Å². The van der Waals surface area contributed by atoms with E-state index in [1.807, 2.05) is 27.1 Å². The van der Waals surface area contributed by atoms with Crippen molar-refractivity contribution in [3.8, 4) is 0 Å². The summed E-state index contributed by atoms with van der Waals surface area (Å²) >= 11 is 0. The molecule has 1 heterocycles. The molecule has 0 aliphatic heterocycles. The summed E-state index contributed by atoms with van der Waals surface area (Å²) in [6.07, 6.45) is 1.99. The van der Waals surface area contributed by atoms with Crippen LogP contribution in [0.5, 0.6) is 0 Å². The first-order chi connectivity index (χ1) is 8.81. The highest BCUT2D eigenvalue weighted by Crippen LogP contribution is 2.15. The first-order valence-electron chi connectivity index (χ1n) is 6.85. The van der Waals surface area contributed by atoms with E-state index in [4.69, 9.17) is 0 Å². The lowest BCUT2D eigenvalue weighted by Gasteiger charge is -2.20. The summed E-state index contributed by atoms with van der Waals surface area (Å²) in [6, 6.07) is -0.109. The summed E-state index contributed by atoms with van der Waals surface area (Å²) in [6.45, 7) is 10.8. The average molecular weight is 266 g/mol. The minimum atomic E-state index is -0.214. The standard InChI is InChI=1S/C14H26N4O/c1-9(2)7-15-14(19)12(5)16-10(3)13-8-18(6)17-11(13)4/h8-10,12,16H,7H2,1-6H3,(H,15,19). The van der Waals surface area contributed by atoms with Gasteiger partial charge in [0.2, 0.25) is 5.91 Å². The predicted octanol–water partition coefficient (Wildman–Crippen LogP) is 1.54. The van der Waals surface area contributed by atoms with Crippen LogP contribution in [0.1, 0.15) is 45.0 Å². The van der Waals surface area contributed by atoms with Gasteiger partial charge in [-0.25, -0.2) is 0 Å². The molecule has 2 unspecified atom stereocenters. The molecule has 0 saturated carbocycles. The molecule has 19 heavy (non-hydrogen) atoms. The molecule has 0 aliphatic carbocycles. The largest absolute Gasteiger partial charge is 0.354 e. The number of aromatic nitrogens is 2. The highest BCUT2D eigenvalue weighted by atomic mass is 16.2. The first kappa shape index (κ1) is 15.7. The molecule has 0 radical (unpaired) electrons. The van der Waals surface area contributed by atoms with E-state index in [2.05, 4.69) is 36.5 Å². The third-order valence-electron chi connectivity index (χ3n) is 3.10. The molecular formula is C14H26N4O. The first-order valence-corrected chi connectivity index (χ1v) is 6.85. The summed E-state index contributed by atoms with van der Waals surface area (Å²) in [5.41, 5.74) is 2.13. The molecule has 1 aromatic rings. The number of hydrogen-bond donors (Lipinski definition) is 2. The second-order valence-corrected chi connectivity index (χ2v) is 5.59. The van der Waals surface area contributed by atoms with Crippen molar-refractivity contribution in [3.05, 3.63) is 17.5 Å². The maximum absolute atomic E-state index is 11.9. The fraction of sp³-hybridized carbons (Fsp3) is 0.714. The van der Waals surface area contributed by atoms with Crippen LogP contribution in [0.2, 0.25) is 0 Å². The smallest absolute Gasteiger partial charge is 0.236 e. The molecule has 0 bridgehead atoms. The van der Waals surface area contributed by atoms with Crippen LogP contribution in [-0.4, -0.2) is 28.3 Å². The number of hydrogen-bond acceptors (Lipinski definition) is 3. The van der Waals surface area contributed by atoms with E-state index in [-0.39, 0.29) is 18.0 Å². The third-order valence-corrected chi connectivity index (χ3v) is 3.10. The molecule has 1 aromatic heterocycles. The summed E-state index contributed by atoms with van der Waals surface area (Å²) in [5, 5.41) is 10.6. The van der Waals surface area contributed by atoms with Crippen molar-refractivity contribution in [1.82, 2.24) is 20.4 Å². The van der Waals surface area contributed by atoms with Crippen LogP contribution in [0, 0.1) is 12.8 Å². The Morgan fingerprint density at radius 3 is 2.47 bits per heavy atom. The van der Waals surface area contributed by atoms with E-state index in [0.717, 1.165) is 11.3 Å². The monoisotopic (exact) mass is 266 g/mol. The van der Waals surface area contributed by atoms with E-state index in [1.54, 1.807) is 4.68 Å². The highest BCUT2D eigenvalue weighted by molar-refractivity contribution is 5.81. The van der Waals surface area contributed by atoms with E-state index >= 15 is 0 Å².